The summed E-state index contributed by atoms with van der Waals surface area (Å²) in [5, 5.41) is 3.09. The molecule has 0 bridgehead atoms. The standard InChI is InChI=1S/C11H14BrNO3/c1-3-15-11(14)10-5-4-9(16-10)7-13-6-8(2)12/h4-5,13H,2-3,6-7H2,1H3. The maximum Gasteiger partial charge on any atom is 0.374 e. The zero-order valence-corrected chi connectivity index (χ0v) is 10.7. The van der Waals surface area contributed by atoms with Crippen LogP contribution < -0.4 is 5.32 Å². The fraction of sp³-hybridized carbons (Fsp3) is 0.364. The molecule has 0 unspecified atom stereocenters. The minimum atomic E-state index is -0.432. The van der Waals surface area contributed by atoms with Gasteiger partial charge in [0.05, 0.1) is 13.2 Å². The summed E-state index contributed by atoms with van der Waals surface area (Å²) < 4.78 is 11.0. The maximum absolute atomic E-state index is 11.3. The highest BCUT2D eigenvalue weighted by Crippen LogP contribution is 2.09. The third-order valence-electron chi connectivity index (χ3n) is 1.75. The average molecular weight is 288 g/mol. The molecule has 1 N–H and O–H groups in total. The van der Waals surface area contributed by atoms with Crippen LogP contribution in [-0.4, -0.2) is 19.1 Å². The van der Waals surface area contributed by atoms with Crippen molar-refractivity contribution < 1.29 is 13.9 Å². The van der Waals surface area contributed by atoms with Gasteiger partial charge in [-0.3, -0.25) is 0 Å². The number of hydrogen-bond donors (Lipinski definition) is 1. The predicted octanol–water partition coefficient (Wildman–Crippen LogP) is 2.45. The van der Waals surface area contributed by atoms with Crippen LogP contribution in [-0.2, 0) is 11.3 Å². The number of hydrogen-bond acceptors (Lipinski definition) is 4. The van der Waals surface area contributed by atoms with Crippen molar-refractivity contribution in [2.75, 3.05) is 13.2 Å². The van der Waals surface area contributed by atoms with Crippen LogP contribution >= 0.6 is 15.9 Å². The Kier molecular flexibility index (Phi) is 5.28. The number of esters is 1. The summed E-state index contributed by atoms with van der Waals surface area (Å²) in [5.74, 6) is 0.492. The molecule has 0 saturated heterocycles. The van der Waals surface area contributed by atoms with Crippen LogP contribution in [0, 0.1) is 0 Å². The highest BCUT2D eigenvalue weighted by Gasteiger charge is 2.11. The van der Waals surface area contributed by atoms with Gasteiger partial charge in [-0.1, -0.05) is 22.5 Å². The highest BCUT2D eigenvalue weighted by molar-refractivity contribution is 9.11. The number of rotatable bonds is 6. The van der Waals surface area contributed by atoms with Gasteiger partial charge in [-0.05, 0) is 19.1 Å². The zero-order valence-electron chi connectivity index (χ0n) is 9.09. The summed E-state index contributed by atoms with van der Waals surface area (Å²) in [4.78, 5) is 11.3. The van der Waals surface area contributed by atoms with Crippen LogP contribution in [0.1, 0.15) is 23.2 Å². The lowest BCUT2D eigenvalue weighted by molar-refractivity contribution is 0.0488. The van der Waals surface area contributed by atoms with Gasteiger partial charge in [0.1, 0.15) is 5.76 Å². The minimum Gasteiger partial charge on any atom is -0.460 e. The van der Waals surface area contributed by atoms with Crippen LogP contribution in [0.4, 0.5) is 0 Å². The lowest BCUT2D eigenvalue weighted by Crippen LogP contribution is -2.13. The number of carbonyl (C=O) groups excluding carboxylic acids is 1. The Labute approximate surface area is 103 Å². The van der Waals surface area contributed by atoms with Crippen LogP contribution in [0.3, 0.4) is 0 Å². The largest absolute Gasteiger partial charge is 0.460 e. The normalized spacial score (nSPS) is 10.1. The van der Waals surface area contributed by atoms with Crippen molar-refractivity contribution >= 4 is 21.9 Å². The molecule has 88 valence electrons. The van der Waals surface area contributed by atoms with E-state index in [9.17, 15) is 4.79 Å². The molecule has 1 aromatic rings. The highest BCUT2D eigenvalue weighted by atomic mass is 79.9. The SMILES string of the molecule is C=C(Br)CNCc1ccc(C(=O)OCC)o1. The van der Waals surface area contributed by atoms with Gasteiger partial charge in [-0.2, -0.15) is 0 Å². The summed E-state index contributed by atoms with van der Waals surface area (Å²) in [7, 11) is 0. The van der Waals surface area contributed by atoms with E-state index < -0.39 is 5.97 Å². The molecule has 4 nitrogen and oxygen atoms in total. The molecule has 0 saturated carbocycles. The molecule has 16 heavy (non-hydrogen) atoms. The molecule has 1 heterocycles. The first-order chi connectivity index (χ1) is 7.63. The molecule has 0 aliphatic rings. The van der Waals surface area contributed by atoms with Gasteiger partial charge in [0.15, 0.2) is 0 Å². The molecule has 0 spiro atoms. The van der Waals surface area contributed by atoms with E-state index in [0.717, 1.165) is 4.48 Å². The van der Waals surface area contributed by atoms with Gasteiger partial charge in [-0.25, -0.2) is 4.79 Å². The smallest absolute Gasteiger partial charge is 0.374 e. The third-order valence-corrected chi connectivity index (χ3v) is 2.03. The van der Waals surface area contributed by atoms with Crippen molar-refractivity contribution in [3.63, 3.8) is 0 Å². The molecule has 0 radical (unpaired) electrons. The first-order valence-electron chi connectivity index (χ1n) is 4.93. The molecule has 0 atom stereocenters. The second-order valence-corrected chi connectivity index (χ2v) is 4.23. The van der Waals surface area contributed by atoms with Crippen LogP contribution in [0.15, 0.2) is 27.6 Å². The molecule has 0 aromatic carbocycles. The first-order valence-corrected chi connectivity index (χ1v) is 5.72. The number of carbonyl (C=O) groups is 1. The van der Waals surface area contributed by atoms with Gasteiger partial charge in [0.25, 0.3) is 0 Å². The van der Waals surface area contributed by atoms with E-state index in [2.05, 4.69) is 27.8 Å². The Morgan fingerprint density at radius 3 is 3.00 bits per heavy atom. The fourth-order valence-corrected chi connectivity index (χ4v) is 1.30. The predicted molar refractivity (Wildman–Crippen MR) is 64.4 cm³/mol. The van der Waals surface area contributed by atoms with E-state index >= 15 is 0 Å². The topological polar surface area (TPSA) is 51.5 Å². The van der Waals surface area contributed by atoms with Crippen molar-refractivity contribution in [3.05, 3.63) is 34.7 Å². The molecule has 0 amide bonds. The number of nitrogens with one attached hydrogen (secondary N) is 1. The van der Waals surface area contributed by atoms with E-state index in [1.807, 2.05) is 0 Å². The summed E-state index contributed by atoms with van der Waals surface area (Å²) in [6.07, 6.45) is 0. The second kappa shape index (κ2) is 6.50. The van der Waals surface area contributed by atoms with Crippen molar-refractivity contribution in [2.45, 2.75) is 13.5 Å². The molecular formula is C11H14BrNO3. The lowest BCUT2D eigenvalue weighted by Gasteiger charge is -2.00. The van der Waals surface area contributed by atoms with Crippen LogP contribution in [0.5, 0.6) is 0 Å². The average Bonchev–Trinajstić information content (AvgIpc) is 2.66. The number of furan rings is 1. The molecule has 0 aliphatic carbocycles. The van der Waals surface area contributed by atoms with E-state index in [4.69, 9.17) is 9.15 Å². The molecule has 1 aromatic heterocycles. The second-order valence-electron chi connectivity index (χ2n) is 3.11. The Morgan fingerprint density at radius 1 is 1.62 bits per heavy atom. The third kappa shape index (κ3) is 4.20. The first kappa shape index (κ1) is 13.0. The van der Waals surface area contributed by atoms with Gasteiger partial charge in [-0.15, -0.1) is 0 Å². The van der Waals surface area contributed by atoms with Gasteiger partial charge in [0.2, 0.25) is 5.76 Å². The van der Waals surface area contributed by atoms with E-state index in [1.54, 1.807) is 19.1 Å². The summed E-state index contributed by atoms with van der Waals surface area (Å²) in [6.45, 7) is 6.99. The maximum atomic E-state index is 11.3. The molecule has 0 fully saturated rings. The summed E-state index contributed by atoms with van der Waals surface area (Å²) in [6, 6.07) is 3.36. The number of halogens is 1. The summed E-state index contributed by atoms with van der Waals surface area (Å²) >= 11 is 3.24. The van der Waals surface area contributed by atoms with Gasteiger partial charge in [0, 0.05) is 11.0 Å². The van der Waals surface area contributed by atoms with Gasteiger partial charge < -0.3 is 14.5 Å². The summed E-state index contributed by atoms with van der Waals surface area (Å²) in [5.41, 5.74) is 0. The quantitative estimate of drug-likeness (QED) is 0.817. The van der Waals surface area contributed by atoms with Crippen molar-refractivity contribution in [3.8, 4) is 0 Å². The van der Waals surface area contributed by atoms with Crippen molar-refractivity contribution in [1.82, 2.24) is 5.32 Å². The van der Waals surface area contributed by atoms with Crippen molar-refractivity contribution in [2.24, 2.45) is 0 Å². The molecule has 0 aliphatic heterocycles. The van der Waals surface area contributed by atoms with E-state index in [-0.39, 0.29) is 5.76 Å². The van der Waals surface area contributed by atoms with Gasteiger partial charge >= 0.3 is 5.97 Å². The Morgan fingerprint density at radius 2 is 2.38 bits per heavy atom. The van der Waals surface area contributed by atoms with E-state index in [1.165, 1.54) is 0 Å². The molecule has 5 heteroatoms. The Balaban J connectivity index is 2.45. The minimum absolute atomic E-state index is 0.233. The molecule has 1 rings (SSSR count). The Hall–Kier alpha value is -1.07. The molecular weight excluding hydrogens is 274 g/mol. The van der Waals surface area contributed by atoms with Crippen LogP contribution in [0.25, 0.3) is 0 Å². The fourth-order valence-electron chi connectivity index (χ4n) is 1.11. The van der Waals surface area contributed by atoms with Crippen molar-refractivity contribution in [1.29, 1.82) is 0 Å². The zero-order chi connectivity index (χ0) is 12.0. The van der Waals surface area contributed by atoms with E-state index in [0.29, 0.717) is 25.5 Å². The number of ether oxygens (including phenoxy) is 1. The monoisotopic (exact) mass is 287 g/mol. The lowest BCUT2D eigenvalue weighted by atomic mass is 10.4. The Bertz CT molecular complexity index is 373. The van der Waals surface area contributed by atoms with Crippen LogP contribution in [0.2, 0.25) is 0 Å².